The van der Waals surface area contributed by atoms with Gasteiger partial charge >= 0.3 is 17.9 Å². The van der Waals surface area contributed by atoms with Crippen LogP contribution in [0.5, 0.6) is 0 Å². The summed E-state index contributed by atoms with van der Waals surface area (Å²) in [5, 5.41) is 20.4. The van der Waals surface area contributed by atoms with Gasteiger partial charge in [0.15, 0.2) is 30.9 Å². The monoisotopic (exact) mass is 608 g/mol. The molecule has 2 heterocycles. The summed E-state index contributed by atoms with van der Waals surface area (Å²) in [5.41, 5.74) is 0.757. The Morgan fingerprint density at radius 1 is 0.636 bits per heavy atom. The van der Waals surface area contributed by atoms with Crippen molar-refractivity contribution in [3.63, 3.8) is 0 Å². The lowest BCUT2D eigenvalue weighted by Crippen LogP contribution is -2.43. The fourth-order valence-electron chi connectivity index (χ4n) is 4.88. The average molecular weight is 609 g/mol. The molecule has 2 saturated heterocycles. The van der Waals surface area contributed by atoms with Crippen LogP contribution in [-0.2, 0) is 33.2 Å². The summed E-state index contributed by atoms with van der Waals surface area (Å²) in [6.07, 6.45) is -9.73. The molecule has 0 aromatic heterocycles. The number of carbonyl (C=O) groups excluding carboxylic acids is 3. The van der Waals surface area contributed by atoms with E-state index in [9.17, 15) is 24.6 Å². The van der Waals surface area contributed by atoms with Crippen LogP contribution in [0.4, 0.5) is 0 Å². The first-order valence-electron chi connectivity index (χ1n) is 13.9. The zero-order chi connectivity index (χ0) is 31.1. The molecule has 0 amide bonds. The van der Waals surface area contributed by atoms with Crippen molar-refractivity contribution in [3.05, 3.63) is 108 Å². The first-order valence-corrected chi connectivity index (χ1v) is 13.9. The predicted molar refractivity (Wildman–Crippen MR) is 150 cm³/mol. The van der Waals surface area contributed by atoms with Crippen LogP contribution >= 0.6 is 0 Å². The molecule has 0 spiro atoms. The number of aliphatic hydroxyl groups is 2. The van der Waals surface area contributed by atoms with Crippen molar-refractivity contribution in [2.24, 2.45) is 0 Å². The fourth-order valence-corrected chi connectivity index (χ4v) is 4.88. The SMILES string of the molecule is CO[C@H]1O[C@H](CO[C@H]2O[C@H](CO)[C@@H](O)[C@@H]2OC(=O)c2ccccc2)[C@@H](OC(=O)c2ccccc2)[C@@H]1OC(=O)c1ccccc1. The van der Waals surface area contributed by atoms with E-state index in [2.05, 4.69) is 0 Å². The molecule has 44 heavy (non-hydrogen) atoms. The first kappa shape index (κ1) is 31.3. The summed E-state index contributed by atoms with van der Waals surface area (Å²) in [7, 11) is 1.34. The Labute approximate surface area is 253 Å². The summed E-state index contributed by atoms with van der Waals surface area (Å²) in [5.74, 6) is -2.13. The maximum Gasteiger partial charge on any atom is 0.338 e. The first-order chi connectivity index (χ1) is 21.4. The van der Waals surface area contributed by atoms with Gasteiger partial charge < -0.3 is 43.4 Å². The Kier molecular flexibility index (Phi) is 10.3. The van der Waals surface area contributed by atoms with E-state index in [0.717, 1.165) is 0 Å². The lowest BCUT2D eigenvalue weighted by atomic mass is 10.1. The second-order valence-electron chi connectivity index (χ2n) is 10.0. The van der Waals surface area contributed by atoms with Crippen LogP contribution < -0.4 is 0 Å². The summed E-state index contributed by atoms with van der Waals surface area (Å²) < 4.78 is 40.0. The van der Waals surface area contributed by atoms with E-state index in [4.69, 9.17) is 33.2 Å². The van der Waals surface area contributed by atoms with Crippen LogP contribution in [-0.4, -0.2) is 97.6 Å². The standard InChI is InChI=1S/C32H32O12/c1-38-31-27(44-30(37)21-15-9-4-10-16-21)25(42-28(35)19-11-5-2-6-12-19)23(41-31)18-39-32-26(24(34)22(17-33)40-32)43-29(36)20-13-7-3-8-14-20/h2-16,22-27,31-34H,17-18H2,1H3/t22-,23-,24-,25-,26+,27+,31+,32+/m1/s1. The molecule has 12 heteroatoms. The molecule has 3 aromatic rings. The highest BCUT2D eigenvalue weighted by Gasteiger charge is 2.52. The molecule has 5 rings (SSSR count). The molecule has 2 aliphatic heterocycles. The summed E-state index contributed by atoms with van der Waals surface area (Å²) in [6, 6.07) is 24.6. The topological polar surface area (TPSA) is 156 Å². The minimum Gasteiger partial charge on any atom is -0.452 e. The maximum absolute atomic E-state index is 13.1. The molecule has 0 saturated carbocycles. The van der Waals surface area contributed by atoms with E-state index in [1.165, 1.54) is 7.11 Å². The van der Waals surface area contributed by atoms with E-state index in [1.54, 1.807) is 91.0 Å². The largest absolute Gasteiger partial charge is 0.452 e. The van der Waals surface area contributed by atoms with Crippen LogP contribution in [0.1, 0.15) is 31.1 Å². The van der Waals surface area contributed by atoms with Crippen LogP contribution in [0.25, 0.3) is 0 Å². The summed E-state index contributed by atoms with van der Waals surface area (Å²) in [6.45, 7) is -0.901. The number of ether oxygens (including phenoxy) is 7. The van der Waals surface area contributed by atoms with Gasteiger partial charge in [0.2, 0.25) is 0 Å². The highest BCUT2D eigenvalue weighted by atomic mass is 16.8. The van der Waals surface area contributed by atoms with Crippen LogP contribution in [0.3, 0.4) is 0 Å². The smallest absolute Gasteiger partial charge is 0.338 e. The van der Waals surface area contributed by atoms with Gasteiger partial charge in [0.25, 0.3) is 0 Å². The number of hydrogen-bond acceptors (Lipinski definition) is 12. The molecule has 3 aromatic carbocycles. The zero-order valence-electron chi connectivity index (χ0n) is 23.7. The normalized spacial score (nSPS) is 27.9. The molecule has 8 atom stereocenters. The molecule has 2 aliphatic rings. The van der Waals surface area contributed by atoms with Gasteiger partial charge in [-0.05, 0) is 36.4 Å². The van der Waals surface area contributed by atoms with E-state index < -0.39 is 73.7 Å². The number of benzene rings is 3. The summed E-state index contributed by atoms with van der Waals surface area (Å²) >= 11 is 0. The maximum atomic E-state index is 13.1. The van der Waals surface area contributed by atoms with Gasteiger partial charge in [0.05, 0.1) is 29.9 Å². The highest BCUT2D eigenvalue weighted by molar-refractivity contribution is 5.90. The third kappa shape index (κ3) is 7.13. The van der Waals surface area contributed by atoms with Crippen LogP contribution in [0.15, 0.2) is 91.0 Å². The van der Waals surface area contributed by atoms with Gasteiger partial charge in [0.1, 0.15) is 18.3 Å². The van der Waals surface area contributed by atoms with Crippen molar-refractivity contribution < 1.29 is 57.8 Å². The van der Waals surface area contributed by atoms with Crippen molar-refractivity contribution in [1.29, 1.82) is 0 Å². The quantitative estimate of drug-likeness (QED) is 0.242. The molecule has 0 aliphatic carbocycles. The van der Waals surface area contributed by atoms with Gasteiger partial charge in [-0.2, -0.15) is 0 Å². The lowest BCUT2D eigenvalue weighted by molar-refractivity contribution is -0.201. The molecule has 0 unspecified atom stereocenters. The van der Waals surface area contributed by atoms with Crippen molar-refractivity contribution in [3.8, 4) is 0 Å². The van der Waals surface area contributed by atoms with Crippen molar-refractivity contribution >= 4 is 17.9 Å². The highest BCUT2D eigenvalue weighted by Crippen LogP contribution is 2.32. The minimum absolute atomic E-state index is 0.240. The zero-order valence-corrected chi connectivity index (χ0v) is 23.7. The minimum atomic E-state index is -1.40. The Bertz CT molecular complexity index is 1390. The van der Waals surface area contributed by atoms with Gasteiger partial charge in [0, 0.05) is 7.11 Å². The van der Waals surface area contributed by atoms with Gasteiger partial charge in [-0.1, -0.05) is 54.6 Å². The van der Waals surface area contributed by atoms with Gasteiger partial charge in [-0.3, -0.25) is 0 Å². The third-order valence-electron chi connectivity index (χ3n) is 7.16. The second-order valence-corrected chi connectivity index (χ2v) is 10.0. The number of esters is 3. The van der Waals surface area contributed by atoms with Gasteiger partial charge in [-0.15, -0.1) is 0 Å². The number of methoxy groups -OCH3 is 1. The molecule has 232 valence electrons. The number of hydrogen-bond donors (Lipinski definition) is 2. The Morgan fingerprint density at radius 2 is 1.07 bits per heavy atom. The number of aliphatic hydroxyl groups excluding tert-OH is 2. The van der Waals surface area contributed by atoms with Crippen molar-refractivity contribution in [2.75, 3.05) is 20.3 Å². The predicted octanol–water partition coefficient (Wildman–Crippen LogP) is 2.13. The Morgan fingerprint density at radius 3 is 1.52 bits per heavy atom. The summed E-state index contributed by atoms with van der Waals surface area (Å²) in [4.78, 5) is 38.8. The molecule has 0 bridgehead atoms. The Hall–Kier alpha value is -4.17. The fraction of sp³-hybridized carbons (Fsp3) is 0.344. The van der Waals surface area contributed by atoms with E-state index in [0.29, 0.717) is 0 Å². The van der Waals surface area contributed by atoms with Crippen LogP contribution in [0.2, 0.25) is 0 Å². The van der Waals surface area contributed by atoms with E-state index >= 15 is 0 Å². The van der Waals surface area contributed by atoms with Crippen molar-refractivity contribution in [1.82, 2.24) is 0 Å². The molecular weight excluding hydrogens is 576 g/mol. The van der Waals surface area contributed by atoms with E-state index in [1.807, 2.05) is 0 Å². The van der Waals surface area contributed by atoms with Crippen molar-refractivity contribution in [2.45, 2.75) is 49.2 Å². The third-order valence-corrected chi connectivity index (χ3v) is 7.16. The van der Waals surface area contributed by atoms with E-state index in [-0.39, 0.29) is 23.3 Å². The average Bonchev–Trinajstić information content (AvgIpc) is 3.55. The number of rotatable bonds is 11. The molecule has 0 radical (unpaired) electrons. The lowest BCUT2D eigenvalue weighted by Gasteiger charge is -2.25. The van der Waals surface area contributed by atoms with Gasteiger partial charge in [-0.25, -0.2) is 14.4 Å². The second kappa shape index (κ2) is 14.5. The molecule has 12 nitrogen and oxygen atoms in total. The number of carbonyl (C=O) groups is 3. The Balaban J connectivity index is 1.34. The van der Waals surface area contributed by atoms with Crippen LogP contribution in [0, 0.1) is 0 Å². The molecule has 2 N–H and O–H groups in total. The molecular formula is C32H32O12. The molecule has 2 fully saturated rings.